The molecular weight excluding hydrogens is 182 g/mol. The Morgan fingerprint density at radius 1 is 1.57 bits per heavy atom. The van der Waals surface area contributed by atoms with Crippen LogP contribution in [0.15, 0.2) is 12.7 Å². The van der Waals surface area contributed by atoms with Gasteiger partial charge in [0.1, 0.15) is 12.7 Å². The lowest BCUT2D eigenvalue weighted by Crippen LogP contribution is -2.39. The lowest BCUT2D eigenvalue weighted by Gasteiger charge is -2.27. The highest BCUT2D eigenvalue weighted by atomic mass is 16.3. The van der Waals surface area contributed by atoms with Crippen molar-refractivity contribution in [3.8, 4) is 0 Å². The third-order valence-corrected chi connectivity index (χ3v) is 3.07. The Labute approximate surface area is 82.4 Å². The molecule has 0 spiro atoms. The fraction of sp³-hybridized carbons (Fsp3) is 0.778. The normalized spacial score (nSPS) is 32.3. The Kier molecular flexibility index (Phi) is 2.52. The van der Waals surface area contributed by atoms with E-state index in [2.05, 4.69) is 10.1 Å². The summed E-state index contributed by atoms with van der Waals surface area (Å²) < 4.78 is 1.70. The molecule has 0 radical (unpaired) electrons. The van der Waals surface area contributed by atoms with E-state index >= 15 is 0 Å². The molecule has 1 aromatic rings. The molecule has 2 N–H and O–H groups in total. The summed E-state index contributed by atoms with van der Waals surface area (Å²) in [4.78, 5) is 3.85. The van der Waals surface area contributed by atoms with Gasteiger partial charge in [-0.15, -0.1) is 0 Å². The third kappa shape index (κ3) is 1.65. The number of nitrogens with zero attached hydrogens (tertiary/aromatic N) is 3. The smallest absolute Gasteiger partial charge is 0.137 e. The summed E-state index contributed by atoms with van der Waals surface area (Å²) in [6, 6.07) is 0. The summed E-state index contributed by atoms with van der Waals surface area (Å²) in [6.45, 7) is 0.476. The van der Waals surface area contributed by atoms with E-state index in [9.17, 15) is 5.11 Å². The monoisotopic (exact) mass is 197 g/mol. The van der Waals surface area contributed by atoms with Crippen LogP contribution in [0.25, 0.3) is 0 Å². The topological polar surface area (TPSA) is 71.2 Å². The average Bonchev–Trinajstić information content (AvgIpc) is 2.79. The second kappa shape index (κ2) is 3.67. The summed E-state index contributed by atoms with van der Waals surface area (Å²) in [5.74, 6) is 0.0919. The molecule has 0 aromatic carbocycles. The molecular formula is C9H15N3O2. The molecule has 0 amide bonds. The van der Waals surface area contributed by atoms with E-state index in [1.807, 2.05) is 0 Å². The zero-order valence-electron chi connectivity index (χ0n) is 8.00. The maximum Gasteiger partial charge on any atom is 0.137 e. The molecule has 1 heterocycles. The van der Waals surface area contributed by atoms with Crippen LogP contribution in [-0.2, 0) is 6.54 Å². The van der Waals surface area contributed by atoms with Crippen LogP contribution in [0.5, 0.6) is 0 Å². The van der Waals surface area contributed by atoms with E-state index in [1.54, 1.807) is 11.0 Å². The average molecular weight is 197 g/mol. The molecule has 14 heavy (non-hydrogen) atoms. The van der Waals surface area contributed by atoms with Crippen LogP contribution < -0.4 is 0 Å². The van der Waals surface area contributed by atoms with Crippen molar-refractivity contribution in [2.24, 2.45) is 5.92 Å². The summed E-state index contributed by atoms with van der Waals surface area (Å²) in [5.41, 5.74) is -0.911. The van der Waals surface area contributed by atoms with Crippen LogP contribution in [0.4, 0.5) is 0 Å². The predicted molar refractivity (Wildman–Crippen MR) is 49.4 cm³/mol. The molecule has 0 aliphatic heterocycles. The Hall–Kier alpha value is -0.940. The van der Waals surface area contributed by atoms with Gasteiger partial charge >= 0.3 is 0 Å². The molecule has 78 valence electrons. The molecule has 2 unspecified atom stereocenters. The van der Waals surface area contributed by atoms with Crippen molar-refractivity contribution in [2.45, 2.75) is 31.4 Å². The Balaban J connectivity index is 2.04. The third-order valence-electron chi connectivity index (χ3n) is 3.07. The van der Waals surface area contributed by atoms with Crippen molar-refractivity contribution in [3.63, 3.8) is 0 Å². The molecule has 5 heteroatoms. The molecule has 0 bridgehead atoms. The standard InChI is InChI=1S/C9H15N3O2/c13-5-9(14)3-1-2-8(9)4-12-7-10-6-11-12/h6-8,13-14H,1-5H2. The van der Waals surface area contributed by atoms with Gasteiger partial charge in [0.15, 0.2) is 0 Å². The van der Waals surface area contributed by atoms with Gasteiger partial charge in [-0.3, -0.25) is 4.68 Å². The molecule has 1 aliphatic carbocycles. The lowest BCUT2D eigenvalue weighted by molar-refractivity contribution is -0.0499. The zero-order valence-corrected chi connectivity index (χ0v) is 8.00. The fourth-order valence-corrected chi connectivity index (χ4v) is 2.15. The van der Waals surface area contributed by atoms with Gasteiger partial charge in [0.2, 0.25) is 0 Å². The van der Waals surface area contributed by atoms with Crippen molar-refractivity contribution < 1.29 is 10.2 Å². The Morgan fingerprint density at radius 2 is 2.43 bits per heavy atom. The fourth-order valence-electron chi connectivity index (χ4n) is 2.15. The molecule has 0 saturated heterocycles. The van der Waals surface area contributed by atoms with Crippen LogP contribution >= 0.6 is 0 Å². The van der Waals surface area contributed by atoms with E-state index in [0.717, 1.165) is 12.8 Å². The minimum Gasteiger partial charge on any atom is -0.393 e. The summed E-state index contributed by atoms with van der Waals surface area (Å²) in [5, 5.41) is 23.2. The van der Waals surface area contributed by atoms with Crippen LogP contribution in [0.1, 0.15) is 19.3 Å². The first-order valence-corrected chi connectivity index (χ1v) is 4.90. The Morgan fingerprint density at radius 3 is 3.07 bits per heavy atom. The van der Waals surface area contributed by atoms with Gasteiger partial charge in [-0.25, -0.2) is 4.98 Å². The van der Waals surface area contributed by atoms with Crippen molar-refractivity contribution in [1.29, 1.82) is 0 Å². The second-order valence-electron chi connectivity index (χ2n) is 3.97. The van der Waals surface area contributed by atoms with E-state index in [0.29, 0.717) is 13.0 Å². The number of aliphatic hydroxyl groups excluding tert-OH is 1. The largest absolute Gasteiger partial charge is 0.393 e. The van der Waals surface area contributed by atoms with Gasteiger partial charge in [0, 0.05) is 12.5 Å². The number of rotatable bonds is 3. The number of hydrogen-bond donors (Lipinski definition) is 2. The molecule has 2 atom stereocenters. The van der Waals surface area contributed by atoms with Crippen LogP contribution in [0, 0.1) is 5.92 Å². The van der Waals surface area contributed by atoms with E-state index in [4.69, 9.17) is 5.11 Å². The van der Waals surface area contributed by atoms with Crippen LogP contribution in [0.3, 0.4) is 0 Å². The minimum atomic E-state index is -0.911. The van der Waals surface area contributed by atoms with E-state index in [-0.39, 0.29) is 12.5 Å². The Bertz CT molecular complexity index is 288. The molecule has 1 saturated carbocycles. The van der Waals surface area contributed by atoms with Gasteiger partial charge in [0.05, 0.1) is 12.2 Å². The highest BCUT2D eigenvalue weighted by Crippen LogP contribution is 2.36. The van der Waals surface area contributed by atoms with Gasteiger partial charge in [-0.2, -0.15) is 5.10 Å². The maximum absolute atomic E-state index is 10.0. The minimum absolute atomic E-state index is 0.0919. The number of aromatic nitrogens is 3. The molecule has 5 nitrogen and oxygen atoms in total. The van der Waals surface area contributed by atoms with Gasteiger partial charge < -0.3 is 10.2 Å². The number of aliphatic hydroxyl groups is 2. The molecule has 2 rings (SSSR count). The quantitative estimate of drug-likeness (QED) is 0.704. The summed E-state index contributed by atoms with van der Waals surface area (Å²) in [6.07, 6.45) is 5.71. The van der Waals surface area contributed by atoms with E-state index < -0.39 is 5.60 Å². The number of hydrogen-bond acceptors (Lipinski definition) is 4. The zero-order chi connectivity index (χ0) is 10.0. The molecule has 1 aromatic heterocycles. The van der Waals surface area contributed by atoms with E-state index in [1.165, 1.54) is 6.33 Å². The summed E-state index contributed by atoms with van der Waals surface area (Å²) in [7, 11) is 0. The van der Waals surface area contributed by atoms with Crippen molar-refractivity contribution >= 4 is 0 Å². The maximum atomic E-state index is 10.0. The lowest BCUT2D eigenvalue weighted by atomic mass is 9.92. The van der Waals surface area contributed by atoms with Gasteiger partial charge in [-0.05, 0) is 12.8 Å². The first kappa shape index (κ1) is 9.61. The predicted octanol–water partition coefficient (Wildman–Crippen LogP) is -0.198. The van der Waals surface area contributed by atoms with Gasteiger partial charge in [-0.1, -0.05) is 6.42 Å². The van der Waals surface area contributed by atoms with Crippen LogP contribution in [-0.4, -0.2) is 37.2 Å². The second-order valence-corrected chi connectivity index (χ2v) is 3.97. The first-order valence-electron chi connectivity index (χ1n) is 4.90. The molecule has 1 aliphatic rings. The SMILES string of the molecule is OCC1(O)CCCC1Cn1cncn1. The van der Waals surface area contributed by atoms with Crippen LogP contribution in [0.2, 0.25) is 0 Å². The van der Waals surface area contributed by atoms with Gasteiger partial charge in [0.25, 0.3) is 0 Å². The molecule has 1 fully saturated rings. The highest BCUT2D eigenvalue weighted by molar-refractivity contribution is 4.91. The van der Waals surface area contributed by atoms with Crippen molar-refractivity contribution in [2.75, 3.05) is 6.61 Å². The first-order chi connectivity index (χ1) is 6.74. The summed E-state index contributed by atoms with van der Waals surface area (Å²) >= 11 is 0. The van der Waals surface area contributed by atoms with Crippen molar-refractivity contribution in [3.05, 3.63) is 12.7 Å². The highest BCUT2D eigenvalue weighted by Gasteiger charge is 2.40. The van der Waals surface area contributed by atoms with Crippen molar-refractivity contribution in [1.82, 2.24) is 14.8 Å².